The zero-order valence-corrected chi connectivity index (χ0v) is 14.3. The van der Waals surface area contributed by atoms with E-state index in [-0.39, 0.29) is 17.2 Å². The SMILES string of the molecule is CC(=O)N1CCC2(C=C(C(=O)N3CCCC3)c3ccccc32)CC1. The first-order valence-electron chi connectivity index (χ1n) is 8.98. The highest BCUT2D eigenvalue weighted by atomic mass is 16.2. The van der Waals surface area contributed by atoms with Gasteiger partial charge in [-0.1, -0.05) is 30.3 Å². The Hall–Kier alpha value is -2.10. The zero-order chi connectivity index (χ0) is 16.7. The maximum atomic E-state index is 13.0. The van der Waals surface area contributed by atoms with Crippen LogP contribution in [0, 0.1) is 0 Å². The molecule has 24 heavy (non-hydrogen) atoms. The summed E-state index contributed by atoms with van der Waals surface area (Å²) in [6.07, 6.45) is 6.25. The highest BCUT2D eigenvalue weighted by Gasteiger charge is 2.43. The number of likely N-dealkylation sites (tertiary alicyclic amines) is 2. The van der Waals surface area contributed by atoms with Gasteiger partial charge in [0.05, 0.1) is 0 Å². The molecule has 0 unspecified atom stereocenters. The van der Waals surface area contributed by atoms with Crippen LogP contribution < -0.4 is 0 Å². The van der Waals surface area contributed by atoms with E-state index in [4.69, 9.17) is 0 Å². The van der Waals surface area contributed by atoms with Gasteiger partial charge in [0.25, 0.3) is 5.91 Å². The van der Waals surface area contributed by atoms with Crippen LogP contribution in [0.25, 0.3) is 5.57 Å². The Balaban J connectivity index is 1.68. The summed E-state index contributed by atoms with van der Waals surface area (Å²) in [5, 5.41) is 0. The Labute approximate surface area is 143 Å². The highest BCUT2D eigenvalue weighted by Crippen LogP contribution is 2.47. The Morgan fingerprint density at radius 1 is 0.958 bits per heavy atom. The first kappa shape index (κ1) is 15.4. The number of carbonyl (C=O) groups is 2. The molecule has 126 valence electrons. The van der Waals surface area contributed by atoms with Crippen LogP contribution in [0.3, 0.4) is 0 Å². The van der Waals surface area contributed by atoms with Crippen molar-refractivity contribution in [3.63, 3.8) is 0 Å². The third-order valence-corrected chi connectivity index (χ3v) is 5.90. The fourth-order valence-corrected chi connectivity index (χ4v) is 4.49. The number of benzene rings is 1. The second-order valence-electron chi connectivity index (χ2n) is 7.27. The van der Waals surface area contributed by atoms with Crippen molar-refractivity contribution in [3.05, 3.63) is 41.5 Å². The standard InChI is InChI=1S/C20H24N2O2/c1-15(23)21-12-8-20(9-13-21)14-17(16-6-2-3-7-18(16)20)19(24)22-10-4-5-11-22/h2-3,6-7,14H,4-5,8-13H2,1H3. The number of rotatable bonds is 1. The van der Waals surface area contributed by atoms with Gasteiger partial charge < -0.3 is 9.80 Å². The molecule has 2 fully saturated rings. The molecule has 1 aliphatic carbocycles. The summed E-state index contributed by atoms with van der Waals surface area (Å²) in [5.74, 6) is 0.333. The van der Waals surface area contributed by atoms with Gasteiger partial charge in [-0.3, -0.25) is 9.59 Å². The van der Waals surface area contributed by atoms with E-state index in [1.54, 1.807) is 6.92 Å². The van der Waals surface area contributed by atoms with Crippen molar-refractivity contribution in [2.75, 3.05) is 26.2 Å². The topological polar surface area (TPSA) is 40.6 Å². The predicted octanol–water partition coefficient (Wildman–Crippen LogP) is 2.59. The number of hydrogen-bond acceptors (Lipinski definition) is 2. The number of amides is 2. The van der Waals surface area contributed by atoms with Gasteiger partial charge in [0.2, 0.25) is 5.91 Å². The van der Waals surface area contributed by atoms with Gasteiger partial charge >= 0.3 is 0 Å². The molecule has 2 amide bonds. The Morgan fingerprint density at radius 2 is 1.62 bits per heavy atom. The summed E-state index contributed by atoms with van der Waals surface area (Å²) in [6.45, 7) is 4.93. The highest BCUT2D eigenvalue weighted by molar-refractivity contribution is 6.21. The van der Waals surface area contributed by atoms with Crippen molar-refractivity contribution in [2.24, 2.45) is 0 Å². The van der Waals surface area contributed by atoms with E-state index in [9.17, 15) is 9.59 Å². The second kappa shape index (κ2) is 5.76. The van der Waals surface area contributed by atoms with Gasteiger partial charge in [-0.05, 0) is 36.8 Å². The molecule has 2 saturated heterocycles. The fourth-order valence-electron chi connectivity index (χ4n) is 4.49. The molecular formula is C20H24N2O2. The summed E-state index contributed by atoms with van der Waals surface area (Å²) in [6, 6.07) is 8.34. The molecule has 1 aromatic carbocycles. The van der Waals surface area contributed by atoms with Crippen LogP contribution in [0.15, 0.2) is 30.3 Å². The third-order valence-electron chi connectivity index (χ3n) is 5.90. The number of fused-ring (bicyclic) bond motifs is 2. The van der Waals surface area contributed by atoms with Crippen molar-refractivity contribution in [1.29, 1.82) is 0 Å². The Morgan fingerprint density at radius 3 is 2.29 bits per heavy atom. The molecule has 1 spiro atoms. The summed E-state index contributed by atoms with van der Waals surface area (Å²) >= 11 is 0. The third kappa shape index (κ3) is 2.36. The lowest BCUT2D eigenvalue weighted by Gasteiger charge is -2.38. The van der Waals surface area contributed by atoms with Crippen LogP contribution in [0.2, 0.25) is 0 Å². The van der Waals surface area contributed by atoms with E-state index in [1.165, 1.54) is 5.56 Å². The number of carbonyl (C=O) groups excluding carboxylic acids is 2. The van der Waals surface area contributed by atoms with Gasteiger partial charge in [0, 0.05) is 44.1 Å². The van der Waals surface area contributed by atoms with Crippen LogP contribution in [0.4, 0.5) is 0 Å². The number of nitrogens with zero attached hydrogens (tertiary/aromatic N) is 2. The summed E-state index contributed by atoms with van der Waals surface area (Å²) in [7, 11) is 0. The molecular weight excluding hydrogens is 300 g/mol. The molecule has 4 heteroatoms. The molecule has 0 atom stereocenters. The molecule has 2 aliphatic heterocycles. The Bertz CT molecular complexity index is 708. The smallest absolute Gasteiger partial charge is 0.254 e. The van der Waals surface area contributed by atoms with Crippen molar-refractivity contribution < 1.29 is 9.59 Å². The van der Waals surface area contributed by atoms with Crippen LogP contribution in [-0.4, -0.2) is 47.8 Å². The fraction of sp³-hybridized carbons (Fsp3) is 0.500. The molecule has 3 aliphatic rings. The number of allylic oxidation sites excluding steroid dienone is 1. The molecule has 0 N–H and O–H groups in total. The second-order valence-corrected chi connectivity index (χ2v) is 7.27. The lowest BCUT2D eigenvalue weighted by molar-refractivity contribution is -0.130. The Kier molecular flexibility index (Phi) is 3.70. The maximum Gasteiger partial charge on any atom is 0.254 e. The lowest BCUT2D eigenvalue weighted by Crippen LogP contribution is -2.43. The average molecular weight is 324 g/mol. The van der Waals surface area contributed by atoms with Gasteiger partial charge in [0.15, 0.2) is 0 Å². The van der Waals surface area contributed by atoms with Gasteiger partial charge in [-0.2, -0.15) is 0 Å². The molecule has 0 aromatic heterocycles. The minimum absolute atomic E-state index is 0.0761. The van der Waals surface area contributed by atoms with Crippen LogP contribution in [0.5, 0.6) is 0 Å². The average Bonchev–Trinajstić information content (AvgIpc) is 3.23. The molecule has 2 heterocycles. The molecule has 0 saturated carbocycles. The summed E-state index contributed by atoms with van der Waals surface area (Å²) in [4.78, 5) is 28.6. The van der Waals surface area contributed by atoms with E-state index < -0.39 is 0 Å². The first-order valence-corrected chi connectivity index (χ1v) is 8.98. The van der Waals surface area contributed by atoms with Gasteiger partial charge in [-0.15, -0.1) is 0 Å². The van der Waals surface area contributed by atoms with Crippen LogP contribution in [-0.2, 0) is 15.0 Å². The molecule has 0 radical (unpaired) electrons. The van der Waals surface area contributed by atoms with Crippen molar-refractivity contribution in [2.45, 2.75) is 38.0 Å². The van der Waals surface area contributed by atoms with Crippen molar-refractivity contribution in [3.8, 4) is 0 Å². The maximum absolute atomic E-state index is 13.0. The molecule has 1 aromatic rings. The minimum atomic E-state index is -0.0761. The van der Waals surface area contributed by atoms with Gasteiger partial charge in [0.1, 0.15) is 0 Å². The van der Waals surface area contributed by atoms with Crippen LogP contribution >= 0.6 is 0 Å². The van der Waals surface area contributed by atoms with E-state index in [0.29, 0.717) is 0 Å². The lowest BCUT2D eigenvalue weighted by atomic mass is 9.74. The van der Waals surface area contributed by atoms with E-state index >= 15 is 0 Å². The van der Waals surface area contributed by atoms with Crippen molar-refractivity contribution >= 4 is 17.4 Å². The summed E-state index contributed by atoms with van der Waals surface area (Å²) < 4.78 is 0. The van der Waals surface area contributed by atoms with E-state index in [2.05, 4.69) is 24.3 Å². The quantitative estimate of drug-likeness (QED) is 0.797. The zero-order valence-electron chi connectivity index (χ0n) is 14.3. The van der Waals surface area contributed by atoms with Crippen LogP contribution in [0.1, 0.15) is 43.7 Å². The largest absolute Gasteiger partial charge is 0.343 e. The molecule has 4 rings (SSSR count). The molecule has 0 bridgehead atoms. The van der Waals surface area contributed by atoms with Crippen molar-refractivity contribution in [1.82, 2.24) is 9.80 Å². The number of hydrogen-bond donors (Lipinski definition) is 0. The monoisotopic (exact) mass is 324 g/mol. The summed E-state index contributed by atoms with van der Waals surface area (Å²) in [5.41, 5.74) is 3.18. The van der Waals surface area contributed by atoms with E-state index in [0.717, 1.165) is 63.0 Å². The van der Waals surface area contributed by atoms with Gasteiger partial charge in [-0.25, -0.2) is 0 Å². The molecule has 4 nitrogen and oxygen atoms in total. The predicted molar refractivity (Wildman–Crippen MR) is 93.4 cm³/mol. The normalized spacial score (nSPS) is 21.8. The minimum Gasteiger partial charge on any atom is -0.343 e. The van der Waals surface area contributed by atoms with E-state index in [1.807, 2.05) is 15.9 Å². The first-order chi connectivity index (χ1) is 11.6. The number of piperidine rings is 1.